The number of nitrogens with one attached hydrogen (secondary N) is 1. The highest BCUT2D eigenvalue weighted by atomic mass is 35.5. The first-order chi connectivity index (χ1) is 9.74. The second-order valence-electron chi connectivity index (χ2n) is 4.83. The molecule has 1 aromatic carbocycles. The summed E-state index contributed by atoms with van der Waals surface area (Å²) in [5.74, 6) is 1.04. The molecular formula is C15H19ClN2O2. The molecule has 4 nitrogen and oxygen atoms in total. The zero-order valence-corrected chi connectivity index (χ0v) is 12.3. The highest BCUT2D eigenvalue weighted by Gasteiger charge is 2.27. The van der Waals surface area contributed by atoms with Crippen LogP contribution in [0.25, 0.3) is 0 Å². The average Bonchev–Trinajstić information content (AvgIpc) is 2.99. The zero-order chi connectivity index (χ0) is 14.4. The lowest BCUT2D eigenvalue weighted by molar-refractivity contribution is 0.0292. The van der Waals surface area contributed by atoms with E-state index in [1.54, 1.807) is 18.2 Å². The molecule has 1 saturated heterocycles. The van der Waals surface area contributed by atoms with Crippen LogP contribution in [0.3, 0.4) is 0 Å². The van der Waals surface area contributed by atoms with E-state index < -0.39 is 0 Å². The SMILES string of the molecule is CCOC[C@@H](Oc1ccc(C#N)cc1Cl)C1CCNC1. The molecule has 0 spiro atoms. The Hall–Kier alpha value is -1.28. The molecule has 5 heteroatoms. The van der Waals surface area contributed by atoms with Crippen molar-refractivity contribution in [1.29, 1.82) is 5.26 Å². The van der Waals surface area contributed by atoms with Crippen LogP contribution >= 0.6 is 11.6 Å². The molecule has 1 aliphatic heterocycles. The number of nitriles is 1. The van der Waals surface area contributed by atoms with Crippen LogP contribution in [0.4, 0.5) is 0 Å². The summed E-state index contributed by atoms with van der Waals surface area (Å²) in [4.78, 5) is 0. The summed E-state index contributed by atoms with van der Waals surface area (Å²) in [6.45, 7) is 5.14. The van der Waals surface area contributed by atoms with Crippen LogP contribution in [0.15, 0.2) is 18.2 Å². The summed E-state index contributed by atoms with van der Waals surface area (Å²) < 4.78 is 11.5. The Kier molecular flexibility index (Phi) is 5.66. The van der Waals surface area contributed by atoms with Crippen LogP contribution in [-0.4, -0.2) is 32.4 Å². The van der Waals surface area contributed by atoms with Gasteiger partial charge in [-0.1, -0.05) is 11.6 Å². The first kappa shape index (κ1) is 15.1. The molecule has 0 radical (unpaired) electrons. The van der Waals surface area contributed by atoms with Gasteiger partial charge >= 0.3 is 0 Å². The van der Waals surface area contributed by atoms with Crippen molar-refractivity contribution in [2.24, 2.45) is 5.92 Å². The lowest BCUT2D eigenvalue weighted by Gasteiger charge is -2.24. The molecule has 0 amide bonds. The van der Waals surface area contributed by atoms with E-state index in [0.717, 1.165) is 19.5 Å². The van der Waals surface area contributed by atoms with Crippen molar-refractivity contribution in [1.82, 2.24) is 5.32 Å². The predicted octanol–water partition coefficient (Wildman–Crippen LogP) is 2.61. The molecule has 0 aromatic heterocycles. The van der Waals surface area contributed by atoms with E-state index in [0.29, 0.717) is 35.5 Å². The van der Waals surface area contributed by atoms with Crippen LogP contribution < -0.4 is 10.1 Å². The molecule has 0 aliphatic carbocycles. The van der Waals surface area contributed by atoms with E-state index in [1.807, 2.05) is 6.92 Å². The summed E-state index contributed by atoms with van der Waals surface area (Å²) in [5, 5.41) is 12.7. The Labute approximate surface area is 124 Å². The molecule has 1 heterocycles. The number of hydrogen-bond acceptors (Lipinski definition) is 4. The topological polar surface area (TPSA) is 54.3 Å². The van der Waals surface area contributed by atoms with E-state index >= 15 is 0 Å². The van der Waals surface area contributed by atoms with Crippen LogP contribution in [0.1, 0.15) is 18.9 Å². The fourth-order valence-corrected chi connectivity index (χ4v) is 2.55. The van der Waals surface area contributed by atoms with Gasteiger partial charge in [0.05, 0.1) is 23.3 Å². The van der Waals surface area contributed by atoms with E-state index in [1.165, 1.54) is 0 Å². The summed E-state index contributed by atoms with van der Waals surface area (Å²) in [5.41, 5.74) is 0.534. The largest absolute Gasteiger partial charge is 0.486 e. The van der Waals surface area contributed by atoms with Gasteiger partial charge in [0.25, 0.3) is 0 Å². The molecule has 2 rings (SSSR count). The number of benzene rings is 1. The molecule has 1 aromatic rings. The summed E-state index contributed by atoms with van der Waals surface area (Å²) >= 11 is 6.16. The van der Waals surface area contributed by atoms with Gasteiger partial charge in [-0.25, -0.2) is 0 Å². The summed E-state index contributed by atoms with van der Waals surface area (Å²) in [6.07, 6.45) is 1.06. The quantitative estimate of drug-likeness (QED) is 0.876. The molecule has 0 saturated carbocycles. The predicted molar refractivity (Wildman–Crippen MR) is 78.1 cm³/mol. The second-order valence-corrected chi connectivity index (χ2v) is 5.23. The average molecular weight is 295 g/mol. The van der Waals surface area contributed by atoms with Crippen molar-refractivity contribution >= 4 is 11.6 Å². The lowest BCUT2D eigenvalue weighted by atomic mass is 10.0. The Morgan fingerprint density at radius 1 is 1.55 bits per heavy atom. The van der Waals surface area contributed by atoms with E-state index in [4.69, 9.17) is 26.3 Å². The summed E-state index contributed by atoms with van der Waals surface area (Å²) in [7, 11) is 0. The zero-order valence-electron chi connectivity index (χ0n) is 11.6. The van der Waals surface area contributed by atoms with Crippen LogP contribution in [0, 0.1) is 17.2 Å². The van der Waals surface area contributed by atoms with Gasteiger partial charge in [0.1, 0.15) is 11.9 Å². The Morgan fingerprint density at radius 3 is 3.00 bits per heavy atom. The van der Waals surface area contributed by atoms with Crippen molar-refractivity contribution < 1.29 is 9.47 Å². The van der Waals surface area contributed by atoms with E-state index in [-0.39, 0.29) is 6.10 Å². The lowest BCUT2D eigenvalue weighted by Crippen LogP contribution is -2.33. The van der Waals surface area contributed by atoms with Crippen molar-refractivity contribution in [2.45, 2.75) is 19.4 Å². The van der Waals surface area contributed by atoms with Gasteiger partial charge in [0.2, 0.25) is 0 Å². The molecule has 1 fully saturated rings. The van der Waals surface area contributed by atoms with Crippen molar-refractivity contribution in [3.05, 3.63) is 28.8 Å². The maximum Gasteiger partial charge on any atom is 0.138 e. The standard InChI is InChI=1S/C15H19ClN2O2/c1-2-19-10-15(12-5-6-18-9-12)20-14-4-3-11(8-17)7-13(14)16/h3-4,7,12,15,18H,2,5-6,9-10H2,1H3/t12?,15-/m1/s1. The Morgan fingerprint density at radius 2 is 2.40 bits per heavy atom. The highest BCUT2D eigenvalue weighted by Crippen LogP contribution is 2.28. The molecule has 1 unspecified atom stereocenters. The van der Waals surface area contributed by atoms with Crippen LogP contribution in [-0.2, 0) is 4.74 Å². The number of rotatable bonds is 6. The third-order valence-electron chi connectivity index (χ3n) is 3.45. The molecule has 20 heavy (non-hydrogen) atoms. The third-order valence-corrected chi connectivity index (χ3v) is 3.75. The first-order valence-electron chi connectivity index (χ1n) is 6.89. The van der Waals surface area contributed by atoms with Crippen molar-refractivity contribution in [3.8, 4) is 11.8 Å². The van der Waals surface area contributed by atoms with Gasteiger partial charge in [-0.3, -0.25) is 0 Å². The number of hydrogen-bond donors (Lipinski definition) is 1. The van der Waals surface area contributed by atoms with Crippen LogP contribution in [0.5, 0.6) is 5.75 Å². The fourth-order valence-electron chi connectivity index (χ4n) is 2.32. The number of halogens is 1. The minimum atomic E-state index is -0.0182. The van der Waals surface area contributed by atoms with Crippen LogP contribution in [0.2, 0.25) is 5.02 Å². The number of ether oxygens (including phenoxy) is 2. The Bertz CT molecular complexity index is 481. The minimum Gasteiger partial charge on any atom is -0.486 e. The molecule has 1 N–H and O–H groups in total. The minimum absolute atomic E-state index is 0.0182. The van der Waals surface area contributed by atoms with Gasteiger partial charge in [-0.05, 0) is 38.1 Å². The van der Waals surface area contributed by atoms with Gasteiger partial charge in [0, 0.05) is 19.1 Å². The molecule has 1 aliphatic rings. The normalized spacial score (nSPS) is 19.6. The van der Waals surface area contributed by atoms with E-state index in [9.17, 15) is 0 Å². The molecule has 0 bridgehead atoms. The fraction of sp³-hybridized carbons (Fsp3) is 0.533. The van der Waals surface area contributed by atoms with Gasteiger partial charge in [-0.2, -0.15) is 5.26 Å². The summed E-state index contributed by atoms with van der Waals surface area (Å²) in [6, 6.07) is 7.16. The molecular weight excluding hydrogens is 276 g/mol. The smallest absolute Gasteiger partial charge is 0.138 e. The first-order valence-corrected chi connectivity index (χ1v) is 7.27. The van der Waals surface area contributed by atoms with Gasteiger partial charge in [0.15, 0.2) is 0 Å². The van der Waals surface area contributed by atoms with Gasteiger partial charge < -0.3 is 14.8 Å². The molecule has 2 atom stereocenters. The highest BCUT2D eigenvalue weighted by molar-refractivity contribution is 6.32. The van der Waals surface area contributed by atoms with Gasteiger partial charge in [-0.15, -0.1) is 0 Å². The van der Waals surface area contributed by atoms with E-state index in [2.05, 4.69) is 11.4 Å². The monoisotopic (exact) mass is 294 g/mol. The maximum absolute atomic E-state index is 8.85. The second kappa shape index (κ2) is 7.49. The van der Waals surface area contributed by atoms with Crippen molar-refractivity contribution in [2.75, 3.05) is 26.3 Å². The molecule has 108 valence electrons. The number of nitrogens with zero attached hydrogens (tertiary/aromatic N) is 1. The Balaban J connectivity index is 2.08. The maximum atomic E-state index is 8.85. The third kappa shape index (κ3) is 3.86. The van der Waals surface area contributed by atoms with Crippen molar-refractivity contribution in [3.63, 3.8) is 0 Å².